The normalized spacial score (nSPS) is 11.2. The van der Waals surface area contributed by atoms with E-state index in [4.69, 9.17) is 4.74 Å². The number of hydrogen-bond acceptors (Lipinski definition) is 9. The van der Waals surface area contributed by atoms with Crippen molar-refractivity contribution in [1.82, 2.24) is 0 Å². The van der Waals surface area contributed by atoms with Crippen LogP contribution in [0.3, 0.4) is 0 Å². The molecule has 0 fully saturated rings. The van der Waals surface area contributed by atoms with Gasteiger partial charge in [-0.05, 0) is 32.3 Å². The molecular formula is C26H17N3O8. The van der Waals surface area contributed by atoms with E-state index in [9.17, 15) is 29.8 Å². The Kier molecular flexibility index (Phi) is 5.82. The molecule has 0 radical (unpaired) electrons. The highest BCUT2D eigenvalue weighted by atomic mass is 16.6. The molecule has 0 saturated carbocycles. The number of nitrogens with one attached hydrogen (secondary N) is 1. The standard InChI is InChI=1S/C26H17N3O8/c1-36-27-25-20(28(32)33)11-17(12-21(25)29(34)35)26(31)37-13-22(30)18-9-7-16-6-5-14-3-2-4-15-8-10-19(18)24(16)23(14)15/h2-12,27H,13H2,1H3. The van der Waals surface area contributed by atoms with E-state index >= 15 is 0 Å². The number of anilines is 1. The van der Waals surface area contributed by atoms with Crippen molar-refractivity contribution in [2.45, 2.75) is 0 Å². The van der Waals surface area contributed by atoms with E-state index < -0.39 is 50.8 Å². The molecule has 0 aliphatic carbocycles. The van der Waals surface area contributed by atoms with Crippen molar-refractivity contribution in [3.8, 4) is 0 Å². The lowest BCUT2D eigenvalue weighted by atomic mass is 9.91. The molecule has 0 unspecified atom stereocenters. The first-order valence-electron chi connectivity index (χ1n) is 10.9. The molecule has 37 heavy (non-hydrogen) atoms. The van der Waals surface area contributed by atoms with Crippen LogP contribution in [0.5, 0.6) is 0 Å². The first-order chi connectivity index (χ1) is 17.8. The molecule has 0 aliphatic heterocycles. The van der Waals surface area contributed by atoms with Crippen LogP contribution in [0.4, 0.5) is 17.1 Å². The van der Waals surface area contributed by atoms with Gasteiger partial charge in [-0.2, -0.15) is 0 Å². The van der Waals surface area contributed by atoms with Crippen molar-refractivity contribution in [2.75, 3.05) is 19.2 Å². The monoisotopic (exact) mass is 499 g/mol. The summed E-state index contributed by atoms with van der Waals surface area (Å²) >= 11 is 0. The first-order valence-corrected chi connectivity index (χ1v) is 10.9. The Balaban J connectivity index is 1.46. The third-order valence-electron chi connectivity index (χ3n) is 6.09. The van der Waals surface area contributed by atoms with Crippen molar-refractivity contribution in [3.63, 3.8) is 0 Å². The van der Waals surface area contributed by atoms with Gasteiger partial charge in [-0.1, -0.05) is 54.6 Å². The second kappa shape index (κ2) is 9.13. The van der Waals surface area contributed by atoms with Crippen LogP contribution in [0.2, 0.25) is 0 Å². The zero-order valence-corrected chi connectivity index (χ0v) is 19.2. The van der Waals surface area contributed by atoms with Crippen molar-refractivity contribution >= 4 is 61.1 Å². The second-order valence-corrected chi connectivity index (χ2v) is 8.18. The summed E-state index contributed by atoms with van der Waals surface area (Å²) in [4.78, 5) is 51.4. The molecule has 11 nitrogen and oxygen atoms in total. The van der Waals surface area contributed by atoms with Crippen LogP contribution in [-0.4, -0.2) is 35.3 Å². The van der Waals surface area contributed by atoms with Crippen molar-refractivity contribution in [1.29, 1.82) is 0 Å². The summed E-state index contributed by atoms with van der Waals surface area (Å²) in [5, 5.41) is 28.5. The van der Waals surface area contributed by atoms with E-state index in [0.717, 1.165) is 46.2 Å². The van der Waals surface area contributed by atoms with Gasteiger partial charge in [-0.25, -0.2) is 4.79 Å². The smallest absolute Gasteiger partial charge is 0.339 e. The van der Waals surface area contributed by atoms with Crippen molar-refractivity contribution < 1.29 is 29.0 Å². The molecule has 0 amide bonds. The number of nitro groups is 2. The van der Waals surface area contributed by atoms with E-state index in [1.54, 1.807) is 6.07 Å². The maximum absolute atomic E-state index is 13.1. The number of carbonyl (C=O) groups excluding carboxylic acids is 2. The van der Waals surface area contributed by atoms with E-state index in [0.29, 0.717) is 10.9 Å². The highest BCUT2D eigenvalue weighted by molar-refractivity contribution is 6.26. The van der Waals surface area contributed by atoms with Gasteiger partial charge < -0.3 is 4.74 Å². The number of hydrogen-bond donors (Lipinski definition) is 1. The Hall–Kier alpha value is -5.16. The Morgan fingerprint density at radius 1 is 0.838 bits per heavy atom. The number of ketones is 1. The van der Waals surface area contributed by atoms with Gasteiger partial charge in [-0.15, -0.1) is 0 Å². The van der Waals surface area contributed by atoms with Gasteiger partial charge in [0.25, 0.3) is 0 Å². The minimum Gasteiger partial charge on any atom is -0.454 e. The average Bonchev–Trinajstić information content (AvgIpc) is 2.90. The molecule has 1 N–H and O–H groups in total. The summed E-state index contributed by atoms with van der Waals surface area (Å²) in [6.07, 6.45) is 0. The highest BCUT2D eigenvalue weighted by Gasteiger charge is 2.29. The Labute approximate surface area is 207 Å². The van der Waals surface area contributed by atoms with Crippen LogP contribution in [-0.2, 0) is 9.57 Å². The molecule has 0 atom stereocenters. The summed E-state index contributed by atoms with van der Waals surface area (Å²) in [5.74, 6) is -1.62. The summed E-state index contributed by atoms with van der Waals surface area (Å²) < 4.78 is 5.12. The SMILES string of the molecule is CONc1c([N+](=O)[O-])cc(C(=O)OCC(=O)c2ccc3ccc4cccc5ccc2c3c45)cc1[N+](=O)[O-]. The number of carbonyl (C=O) groups is 2. The number of ether oxygens (including phenoxy) is 1. The van der Waals surface area contributed by atoms with E-state index in [1.807, 2.05) is 48.5 Å². The van der Waals surface area contributed by atoms with E-state index in [2.05, 4.69) is 10.3 Å². The maximum atomic E-state index is 13.1. The third kappa shape index (κ3) is 4.02. The van der Waals surface area contributed by atoms with Gasteiger partial charge in [0.15, 0.2) is 6.61 Å². The first kappa shape index (κ1) is 23.6. The summed E-state index contributed by atoms with van der Waals surface area (Å²) in [6.45, 7) is -0.664. The fraction of sp³-hybridized carbons (Fsp3) is 0.0769. The largest absolute Gasteiger partial charge is 0.454 e. The molecule has 184 valence electrons. The van der Waals surface area contributed by atoms with E-state index in [-0.39, 0.29) is 0 Å². The molecule has 0 saturated heterocycles. The predicted octanol–water partition coefficient (Wildman–Crippen LogP) is 5.41. The summed E-state index contributed by atoms with van der Waals surface area (Å²) in [6, 6.07) is 18.8. The molecule has 5 rings (SSSR count). The van der Waals surface area contributed by atoms with Gasteiger partial charge in [0.1, 0.15) is 0 Å². The predicted molar refractivity (Wildman–Crippen MR) is 135 cm³/mol. The molecule has 5 aromatic rings. The lowest BCUT2D eigenvalue weighted by molar-refractivity contribution is -0.392. The van der Waals surface area contributed by atoms with Gasteiger partial charge in [0.2, 0.25) is 11.5 Å². The Morgan fingerprint density at radius 3 is 2.00 bits per heavy atom. The van der Waals surface area contributed by atoms with Crippen molar-refractivity contribution in [3.05, 3.63) is 98.1 Å². The molecule has 0 spiro atoms. The van der Waals surface area contributed by atoms with E-state index in [1.165, 1.54) is 0 Å². The van der Waals surface area contributed by atoms with Crippen LogP contribution in [0.25, 0.3) is 32.3 Å². The average molecular weight is 499 g/mol. The molecule has 5 aromatic carbocycles. The number of nitrogens with zero attached hydrogens (tertiary/aromatic N) is 2. The lowest BCUT2D eigenvalue weighted by Crippen LogP contribution is -2.15. The minimum atomic E-state index is -1.12. The molecular weight excluding hydrogens is 482 g/mol. The minimum absolute atomic E-state index is 0.343. The third-order valence-corrected chi connectivity index (χ3v) is 6.09. The number of nitro benzene ring substituents is 2. The van der Waals surface area contributed by atoms with Crippen LogP contribution < -0.4 is 5.48 Å². The van der Waals surface area contributed by atoms with Gasteiger partial charge in [0.05, 0.1) is 22.5 Å². The summed E-state index contributed by atoms with van der Waals surface area (Å²) in [7, 11) is 1.13. The molecule has 0 aromatic heterocycles. The second-order valence-electron chi connectivity index (χ2n) is 8.18. The molecule has 0 heterocycles. The quantitative estimate of drug-likeness (QED) is 0.0971. The van der Waals surface area contributed by atoms with Crippen LogP contribution in [0, 0.1) is 20.2 Å². The van der Waals surface area contributed by atoms with Crippen LogP contribution in [0.15, 0.2) is 66.7 Å². The van der Waals surface area contributed by atoms with Crippen LogP contribution in [0.1, 0.15) is 20.7 Å². The number of Topliss-reactive ketones (excluding diaryl/α,β-unsaturated/α-hetero) is 1. The lowest BCUT2D eigenvalue weighted by Gasteiger charge is -2.13. The molecule has 11 heteroatoms. The topological polar surface area (TPSA) is 151 Å². The van der Waals surface area contributed by atoms with Gasteiger partial charge >= 0.3 is 17.3 Å². The van der Waals surface area contributed by atoms with Crippen LogP contribution >= 0.6 is 0 Å². The molecule has 0 aliphatic rings. The molecule has 0 bridgehead atoms. The van der Waals surface area contributed by atoms with Gasteiger partial charge in [-0.3, -0.25) is 35.3 Å². The van der Waals surface area contributed by atoms with Crippen molar-refractivity contribution in [2.24, 2.45) is 0 Å². The summed E-state index contributed by atoms with van der Waals surface area (Å²) in [5.41, 5.74) is -0.0734. The fourth-order valence-corrected chi connectivity index (χ4v) is 4.49. The highest BCUT2D eigenvalue weighted by Crippen LogP contribution is 2.37. The zero-order chi connectivity index (χ0) is 26.3. The Bertz CT molecular complexity index is 1700. The number of rotatable bonds is 8. The fourth-order valence-electron chi connectivity index (χ4n) is 4.49. The van der Waals surface area contributed by atoms with Gasteiger partial charge in [0, 0.05) is 17.7 Å². The number of esters is 1. The maximum Gasteiger partial charge on any atom is 0.339 e. The number of benzene rings is 5. The Morgan fingerprint density at radius 2 is 1.41 bits per heavy atom. The zero-order valence-electron chi connectivity index (χ0n) is 19.2.